The molecule has 2 aromatic rings. The van der Waals surface area contributed by atoms with Crippen LogP contribution in [0.1, 0.15) is 5.56 Å². The summed E-state index contributed by atoms with van der Waals surface area (Å²) in [5.41, 5.74) is 0.745. The summed E-state index contributed by atoms with van der Waals surface area (Å²) in [5.74, 6) is -0.495. The van der Waals surface area contributed by atoms with Gasteiger partial charge in [-0.25, -0.2) is 0 Å². The Morgan fingerprint density at radius 1 is 1.23 bits per heavy atom. The number of likely N-dealkylation sites (N-methyl/N-ethyl adjacent to an activating group) is 1. The number of anilines is 1. The molecular formula is C21H20F2N2O5. The number of fused-ring (bicyclic) bond motifs is 1. The van der Waals surface area contributed by atoms with Crippen molar-refractivity contribution < 1.29 is 32.6 Å². The summed E-state index contributed by atoms with van der Waals surface area (Å²) in [4.78, 5) is 26.4. The highest BCUT2D eigenvalue weighted by Crippen LogP contribution is 2.35. The standard InChI is InChI=1S/C21H20F2N2O5/c1-24-20(27)17-12-25(14-7-3-4-8-15(14)29-17)18(26)11-10-13-6-5-9-16(28-2)19(13)30-21(22)23/h3-11,17,21H,12H2,1-2H3,(H,24,27)/b11-10+. The maximum absolute atomic E-state index is 12.9. The zero-order valence-electron chi connectivity index (χ0n) is 16.3. The van der Waals surface area contributed by atoms with Crippen molar-refractivity contribution in [3.05, 3.63) is 54.1 Å². The van der Waals surface area contributed by atoms with E-state index in [0.717, 1.165) is 0 Å². The molecule has 0 bridgehead atoms. The van der Waals surface area contributed by atoms with Gasteiger partial charge >= 0.3 is 6.61 Å². The highest BCUT2D eigenvalue weighted by atomic mass is 19.3. The smallest absolute Gasteiger partial charge is 0.387 e. The number of carbonyl (C=O) groups is 2. The van der Waals surface area contributed by atoms with E-state index in [1.807, 2.05) is 0 Å². The van der Waals surface area contributed by atoms with E-state index in [4.69, 9.17) is 9.47 Å². The lowest BCUT2D eigenvalue weighted by atomic mass is 10.1. The molecule has 2 aromatic carbocycles. The minimum atomic E-state index is -3.05. The minimum absolute atomic E-state index is 0.00162. The van der Waals surface area contributed by atoms with Gasteiger partial charge in [-0.05, 0) is 24.3 Å². The molecule has 7 nitrogen and oxygen atoms in total. The number of ether oxygens (including phenoxy) is 3. The van der Waals surface area contributed by atoms with Crippen molar-refractivity contribution in [1.82, 2.24) is 5.32 Å². The average molecular weight is 418 g/mol. The first kappa shape index (κ1) is 21.1. The molecule has 2 amide bonds. The van der Waals surface area contributed by atoms with E-state index in [2.05, 4.69) is 10.1 Å². The number of nitrogens with one attached hydrogen (secondary N) is 1. The Labute approximate surface area is 171 Å². The zero-order chi connectivity index (χ0) is 21.7. The molecule has 0 aromatic heterocycles. The molecule has 0 fully saturated rings. The summed E-state index contributed by atoms with van der Waals surface area (Å²) in [5, 5.41) is 2.50. The van der Waals surface area contributed by atoms with Gasteiger partial charge in [0, 0.05) is 18.7 Å². The Kier molecular flexibility index (Phi) is 6.51. The van der Waals surface area contributed by atoms with Crippen LogP contribution in [0.25, 0.3) is 6.08 Å². The monoisotopic (exact) mass is 418 g/mol. The predicted octanol–water partition coefficient (Wildman–Crippen LogP) is 2.85. The fourth-order valence-corrected chi connectivity index (χ4v) is 3.03. The molecule has 1 aliphatic heterocycles. The van der Waals surface area contributed by atoms with E-state index in [-0.39, 0.29) is 29.5 Å². The zero-order valence-corrected chi connectivity index (χ0v) is 16.3. The number of benzene rings is 2. The van der Waals surface area contributed by atoms with E-state index in [0.29, 0.717) is 11.4 Å². The number of carbonyl (C=O) groups excluding carboxylic acids is 2. The van der Waals surface area contributed by atoms with Crippen LogP contribution in [0, 0.1) is 0 Å². The van der Waals surface area contributed by atoms with Gasteiger partial charge < -0.3 is 24.4 Å². The van der Waals surface area contributed by atoms with Gasteiger partial charge in [0.05, 0.1) is 19.3 Å². The predicted molar refractivity (Wildman–Crippen MR) is 106 cm³/mol. The fraction of sp³-hybridized carbons (Fsp3) is 0.238. The summed E-state index contributed by atoms with van der Waals surface area (Å²) in [6.45, 7) is -3.05. The molecule has 1 unspecified atom stereocenters. The number of halogens is 2. The normalized spacial score (nSPS) is 15.5. The third-order valence-electron chi connectivity index (χ3n) is 4.42. The second kappa shape index (κ2) is 9.25. The fourth-order valence-electron chi connectivity index (χ4n) is 3.03. The molecule has 1 heterocycles. The number of methoxy groups -OCH3 is 1. The van der Waals surface area contributed by atoms with Gasteiger partial charge in [-0.3, -0.25) is 9.59 Å². The van der Waals surface area contributed by atoms with Crippen LogP contribution < -0.4 is 24.4 Å². The quantitative estimate of drug-likeness (QED) is 0.730. The van der Waals surface area contributed by atoms with E-state index in [9.17, 15) is 18.4 Å². The van der Waals surface area contributed by atoms with Crippen LogP contribution in [-0.2, 0) is 9.59 Å². The van der Waals surface area contributed by atoms with Gasteiger partial charge in [0.2, 0.25) is 0 Å². The average Bonchev–Trinajstić information content (AvgIpc) is 2.76. The van der Waals surface area contributed by atoms with Crippen molar-refractivity contribution in [2.24, 2.45) is 0 Å². The molecule has 0 saturated carbocycles. The van der Waals surface area contributed by atoms with Crippen molar-refractivity contribution in [2.45, 2.75) is 12.7 Å². The molecule has 1 atom stereocenters. The molecule has 3 rings (SSSR count). The van der Waals surface area contributed by atoms with Crippen molar-refractivity contribution in [3.8, 4) is 17.2 Å². The number of rotatable bonds is 6. The number of hydrogen-bond acceptors (Lipinski definition) is 5. The van der Waals surface area contributed by atoms with E-state index < -0.39 is 18.6 Å². The lowest BCUT2D eigenvalue weighted by Gasteiger charge is -2.33. The number of hydrogen-bond donors (Lipinski definition) is 1. The van der Waals surface area contributed by atoms with Crippen molar-refractivity contribution in [3.63, 3.8) is 0 Å². The molecular weight excluding hydrogens is 398 g/mol. The van der Waals surface area contributed by atoms with Crippen molar-refractivity contribution in [1.29, 1.82) is 0 Å². The molecule has 1 N–H and O–H groups in total. The van der Waals surface area contributed by atoms with Crippen LogP contribution in [0.4, 0.5) is 14.5 Å². The molecule has 30 heavy (non-hydrogen) atoms. The van der Waals surface area contributed by atoms with E-state index in [1.54, 1.807) is 30.3 Å². The van der Waals surface area contributed by atoms with Crippen LogP contribution in [0.15, 0.2) is 48.5 Å². The number of nitrogens with zero attached hydrogens (tertiary/aromatic N) is 1. The van der Waals surface area contributed by atoms with Gasteiger partial charge in [0.1, 0.15) is 5.75 Å². The second-order valence-electron chi connectivity index (χ2n) is 6.23. The van der Waals surface area contributed by atoms with E-state index >= 15 is 0 Å². The summed E-state index contributed by atoms with van der Waals surface area (Å²) >= 11 is 0. The first-order valence-corrected chi connectivity index (χ1v) is 9.03. The van der Waals surface area contributed by atoms with Gasteiger partial charge in [0.25, 0.3) is 11.8 Å². The molecule has 0 spiro atoms. The van der Waals surface area contributed by atoms with E-state index in [1.165, 1.54) is 43.3 Å². The number of para-hydroxylation sites is 3. The maximum Gasteiger partial charge on any atom is 0.387 e. The van der Waals surface area contributed by atoms with Gasteiger partial charge in [0.15, 0.2) is 17.6 Å². The third-order valence-corrected chi connectivity index (χ3v) is 4.42. The second-order valence-corrected chi connectivity index (χ2v) is 6.23. The summed E-state index contributed by atoms with van der Waals surface area (Å²) in [7, 11) is 2.81. The lowest BCUT2D eigenvalue weighted by Crippen LogP contribution is -2.49. The topological polar surface area (TPSA) is 77.1 Å². The number of alkyl halides is 2. The van der Waals surface area contributed by atoms with Gasteiger partial charge in [-0.1, -0.05) is 24.3 Å². The van der Waals surface area contributed by atoms with Crippen LogP contribution in [0.3, 0.4) is 0 Å². The molecule has 158 valence electrons. The molecule has 1 aliphatic rings. The SMILES string of the molecule is CNC(=O)C1CN(C(=O)/C=C/c2cccc(OC)c2OC(F)F)c2ccccc2O1. The van der Waals surface area contributed by atoms with Crippen molar-refractivity contribution >= 4 is 23.6 Å². The Hall–Kier alpha value is -3.62. The largest absolute Gasteiger partial charge is 0.493 e. The maximum atomic E-state index is 12.9. The summed E-state index contributed by atoms with van der Waals surface area (Å²) in [6, 6.07) is 11.4. The lowest BCUT2D eigenvalue weighted by molar-refractivity contribution is -0.127. The summed E-state index contributed by atoms with van der Waals surface area (Å²) in [6.07, 6.45) is 1.70. The Morgan fingerprint density at radius 2 is 2.00 bits per heavy atom. The first-order valence-electron chi connectivity index (χ1n) is 9.03. The third kappa shape index (κ3) is 4.51. The van der Waals surface area contributed by atoms with Crippen LogP contribution in [-0.4, -0.2) is 45.2 Å². The van der Waals surface area contributed by atoms with Crippen LogP contribution in [0.5, 0.6) is 17.2 Å². The molecule has 0 radical (unpaired) electrons. The van der Waals surface area contributed by atoms with Crippen LogP contribution in [0.2, 0.25) is 0 Å². The van der Waals surface area contributed by atoms with Crippen molar-refractivity contribution in [2.75, 3.05) is 25.6 Å². The molecule has 0 aliphatic carbocycles. The van der Waals surface area contributed by atoms with Gasteiger partial charge in [-0.2, -0.15) is 8.78 Å². The summed E-state index contributed by atoms with van der Waals surface area (Å²) < 4.78 is 40.9. The Balaban J connectivity index is 1.90. The molecule has 9 heteroatoms. The Bertz CT molecular complexity index is 964. The van der Waals surface area contributed by atoms with Crippen LogP contribution >= 0.6 is 0 Å². The highest BCUT2D eigenvalue weighted by Gasteiger charge is 2.32. The Morgan fingerprint density at radius 3 is 2.70 bits per heavy atom. The molecule has 0 saturated heterocycles. The number of amides is 2. The first-order chi connectivity index (χ1) is 14.4. The van der Waals surface area contributed by atoms with Gasteiger partial charge in [-0.15, -0.1) is 0 Å². The minimum Gasteiger partial charge on any atom is -0.493 e. The highest BCUT2D eigenvalue weighted by molar-refractivity contribution is 6.06.